The zero-order valence-electron chi connectivity index (χ0n) is 13.5. The zero-order valence-corrected chi connectivity index (χ0v) is 14.3. The number of carbonyl (C=O) groups is 2. The third-order valence-electron chi connectivity index (χ3n) is 3.44. The molecular weight excluding hydrogens is 278 g/mol. The Balaban J connectivity index is 0. The first-order valence-electron chi connectivity index (χ1n) is 6.82. The minimum absolute atomic E-state index is 0. The Morgan fingerprint density at radius 3 is 2.00 bits per heavy atom. The quantitative estimate of drug-likeness (QED) is 0.694. The van der Waals surface area contributed by atoms with E-state index in [1.807, 2.05) is 41.5 Å². The molecule has 0 rings (SSSR count). The molecule has 0 saturated heterocycles. The van der Waals surface area contributed by atoms with E-state index in [1.54, 1.807) is 0 Å². The van der Waals surface area contributed by atoms with Crippen LogP contribution in [0.2, 0.25) is 0 Å². The second-order valence-corrected chi connectivity index (χ2v) is 6.58. The van der Waals surface area contributed by atoms with Gasteiger partial charge in [0.15, 0.2) is 0 Å². The summed E-state index contributed by atoms with van der Waals surface area (Å²) < 4.78 is 0. The number of hydrogen-bond donors (Lipinski definition) is 3. The van der Waals surface area contributed by atoms with Crippen LogP contribution in [0, 0.1) is 11.3 Å². The highest BCUT2D eigenvalue weighted by atomic mass is 35.5. The minimum atomic E-state index is -0.430. The van der Waals surface area contributed by atoms with Crippen LogP contribution < -0.4 is 16.4 Å². The van der Waals surface area contributed by atoms with Gasteiger partial charge in [-0.2, -0.15) is 0 Å². The highest BCUT2D eigenvalue weighted by Crippen LogP contribution is 2.15. The summed E-state index contributed by atoms with van der Waals surface area (Å²) in [6.07, 6.45) is 0.268. The fraction of sp³-hybridized carbons (Fsp3) is 0.857. The molecule has 2 amide bonds. The molecule has 6 heteroatoms. The van der Waals surface area contributed by atoms with E-state index in [-0.39, 0.29) is 36.6 Å². The molecule has 0 bridgehead atoms. The Labute approximate surface area is 128 Å². The number of rotatable bonds is 6. The number of nitrogens with one attached hydrogen (secondary N) is 2. The highest BCUT2D eigenvalue weighted by molar-refractivity contribution is 5.85. The molecule has 0 aliphatic heterocycles. The van der Waals surface area contributed by atoms with Crippen molar-refractivity contribution in [1.82, 2.24) is 10.6 Å². The fourth-order valence-electron chi connectivity index (χ4n) is 1.37. The molecule has 5 nitrogen and oxygen atoms in total. The first-order valence-corrected chi connectivity index (χ1v) is 6.82. The van der Waals surface area contributed by atoms with Crippen LogP contribution in [-0.2, 0) is 9.59 Å². The summed E-state index contributed by atoms with van der Waals surface area (Å²) in [6, 6.07) is 0. The minimum Gasteiger partial charge on any atom is -0.355 e. The molecule has 120 valence electrons. The van der Waals surface area contributed by atoms with E-state index in [0.29, 0.717) is 13.1 Å². The normalized spacial score (nSPS) is 14.2. The summed E-state index contributed by atoms with van der Waals surface area (Å²) in [5.74, 6) is 0.118. The second kappa shape index (κ2) is 8.47. The lowest BCUT2D eigenvalue weighted by atomic mass is 9.88. The summed E-state index contributed by atoms with van der Waals surface area (Å²) in [5, 5.41) is 5.70. The molecule has 0 aromatic carbocycles. The molecule has 0 aromatic rings. The van der Waals surface area contributed by atoms with Gasteiger partial charge in [0.25, 0.3) is 0 Å². The van der Waals surface area contributed by atoms with Crippen molar-refractivity contribution in [3.8, 4) is 0 Å². The first kappa shape index (κ1) is 21.5. The summed E-state index contributed by atoms with van der Waals surface area (Å²) in [7, 11) is 0. The Kier molecular flexibility index (Phi) is 9.10. The number of hydrogen-bond acceptors (Lipinski definition) is 3. The third-order valence-corrected chi connectivity index (χ3v) is 3.44. The van der Waals surface area contributed by atoms with E-state index in [2.05, 4.69) is 10.6 Å². The van der Waals surface area contributed by atoms with E-state index in [9.17, 15) is 9.59 Å². The van der Waals surface area contributed by atoms with Crippen molar-refractivity contribution in [2.45, 2.75) is 53.5 Å². The van der Waals surface area contributed by atoms with E-state index < -0.39 is 11.0 Å². The van der Waals surface area contributed by atoms with Crippen molar-refractivity contribution in [3.05, 3.63) is 0 Å². The van der Waals surface area contributed by atoms with E-state index in [4.69, 9.17) is 5.73 Å². The summed E-state index contributed by atoms with van der Waals surface area (Å²) in [4.78, 5) is 23.5. The van der Waals surface area contributed by atoms with Gasteiger partial charge in [-0.05, 0) is 12.8 Å². The van der Waals surface area contributed by atoms with Gasteiger partial charge in [0.2, 0.25) is 11.8 Å². The Morgan fingerprint density at radius 2 is 1.65 bits per heavy atom. The topological polar surface area (TPSA) is 84.2 Å². The average Bonchev–Trinajstić information content (AvgIpc) is 2.27. The third kappa shape index (κ3) is 7.10. The van der Waals surface area contributed by atoms with Crippen LogP contribution in [0.3, 0.4) is 0 Å². The van der Waals surface area contributed by atoms with Gasteiger partial charge in [-0.3, -0.25) is 9.59 Å². The van der Waals surface area contributed by atoms with Gasteiger partial charge in [-0.15, -0.1) is 12.4 Å². The highest BCUT2D eigenvalue weighted by Gasteiger charge is 2.28. The lowest BCUT2D eigenvalue weighted by Crippen LogP contribution is -2.55. The predicted octanol–water partition coefficient (Wildman–Crippen LogP) is 1.45. The maximum Gasteiger partial charge on any atom is 0.225 e. The van der Waals surface area contributed by atoms with Gasteiger partial charge in [0, 0.05) is 24.9 Å². The van der Waals surface area contributed by atoms with Gasteiger partial charge < -0.3 is 16.4 Å². The van der Waals surface area contributed by atoms with Crippen molar-refractivity contribution in [3.63, 3.8) is 0 Å². The number of halogens is 1. The van der Waals surface area contributed by atoms with E-state index in [0.717, 1.165) is 0 Å². The van der Waals surface area contributed by atoms with Crippen molar-refractivity contribution in [1.29, 1.82) is 0 Å². The SMILES string of the molecule is CC(C)C(C)(CN)NC(=O)CCNC(=O)C(C)(C)C.Cl. The average molecular weight is 308 g/mol. The Morgan fingerprint density at radius 1 is 1.15 bits per heavy atom. The number of nitrogens with two attached hydrogens (primary N) is 1. The summed E-state index contributed by atoms with van der Waals surface area (Å²) >= 11 is 0. The van der Waals surface area contributed by atoms with Gasteiger partial charge in [0.05, 0.1) is 5.54 Å². The molecule has 0 aromatic heterocycles. The molecule has 1 atom stereocenters. The lowest BCUT2D eigenvalue weighted by Gasteiger charge is -2.33. The van der Waals surface area contributed by atoms with Crippen molar-refractivity contribution < 1.29 is 9.59 Å². The summed E-state index contributed by atoms with van der Waals surface area (Å²) in [5.41, 5.74) is 4.88. The van der Waals surface area contributed by atoms with Gasteiger partial charge in [-0.25, -0.2) is 0 Å². The van der Waals surface area contributed by atoms with Crippen LogP contribution >= 0.6 is 12.4 Å². The van der Waals surface area contributed by atoms with Crippen LogP contribution in [0.1, 0.15) is 48.0 Å². The predicted molar refractivity (Wildman–Crippen MR) is 84.8 cm³/mol. The van der Waals surface area contributed by atoms with Gasteiger partial charge in [-0.1, -0.05) is 34.6 Å². The van der Waals surface area contributed by atoms with Crippen LogP contribution in [0.5, 0.6) is 0 Å². The van der Waals surface area contributed by atoms with Crippen LogP contribution in [0.25, 0.3) is 0 Å². The maximum absolute atomic E-state index is 11.8. The fourth-order valence-corrected chi connectivity index (χ4v) is 1.37. The molecule has 0 radical (unpaired) electrons. The lowest BCUT2D eigenvalue weighted by molar-refractivity contribution is -0.128. The van der Waals surface area contributed by atoms with Crippen LogP contribution in [0.4, 0.5) is 0 Å². The molecule has 0 fully saturated rings. The smallest absolute Gasteiger partial charge is 0.225 e. The van der Waals surface area contributed by atoms with E-state index in [1.165, 1.54) is 0 Å². The van der Waals surface area contributed by atoms with Crippen LogP contribution in [0.15, 0.2) is 0 Å². The van der Waals surface area contributed by atoms with Gasteiger partial charge in [0.1, 0.15) is 0 Å². The number of amides is 2. The molecule has 4 N–H and O–H groups in total. The Hall–Kier alpha value is -0.810. The zero-order chi connectivity index (χ0) is 15.3. The second-order valence-electron chi connectivity index (χ2n) is 6.58. The standard InChI is InChI=1S/C14H29N3O2.ClH/c1-10(2)14(6,9-15)17-11(18)7-8-16-12(19)13(3,4)5;/h10H,7-9,15H2,1-6H3,(H,16,19)(H,17,18);1H. The molecule has 0 spiro atoms. The van der Waals surface area contributed by atoms with Crippen molar-refractivity contribution >= 4 is 24.2 Å². The molecule has 1 unspecified atom stereocenters. The summed E-state index contributed by atoms with van der Waals surface area (Å²) in [6.45, 7) is 12.2. The van der Waals surface area contributed by atoms with Crippen molar-refractivity contribution in [2.75, 3.05) is 13.1 Å². The molecule has 0 heterocycles. The monoisotopic (exact) mass is 307 g/mol. The molecule has 0 saturated carbocycles. The molecule has 20 heavy (non-hydrogen) atoms. The molecular formula is C14H30ClN3O2. The van der Waals surface area contributed by atoms with Gasteiger partial charge >= 0.3 is 0 Å². The molecule has 0 aliphatic carbocycles. The van der Waals surface area contributed by atoms with E-state index >= 15 is 0 Å². The molecule has 0 aliphatic rings. The number of carbonyl (C=O) groups excluding carboxylic acids is 2. The largest absolute Gasteiger partial charge is 0.355 e. The Bertz CT molecular complexity index is 327. The van der Waals surface area contributed by atoms with Crippen LogP contribution in [-0.4, -0.2) is 30.4 Å². The first-order chi connectivity index (χ1) is 8.53. The maximum atomic E-state index is 11.8. The van der Waals surface area contributed by atoms with Crippen molar-refractivity contribution in [2.24, 2.45) is 17.1 Å².